The molecule has 3 unspecified atom stereocenters. The number of nitrogens with zero attached hydrogens (tertiary/aromatic N) is 3. The van der Waals surface area contributed by atoms with Gasteiger partial charge in [0, 0.05) is 39.5 Å². The van der Waals surface area contributed by atoms with Crippen LogP contribution in [-0.2, 0) is 14.4 Å². The Hall–Kier alpha value is -3.26. The second kappa shape index (κ2) is 11.9. The van der Waals surface area contributed by atoms with Gasteiger partial charge < -0.3 is 15.1 Å². The minimum Gasteiger partial charge on any atom is -0.343 e. The highest BCUT2D eigenvalue weighted by Gasteiger charge is 2.41. The first-order chi connectivity index (χ1) is 17.7. The van der Waals surface area contributed by atoms with Gasteiger partial charge in [-0.1, -0.05) is 68.4 Å². The van der Waals surface area contributed by atoms with E-state index in [9.17, 15) is 18.8 Å². The quantitative estimate of drug-likeness (QED) is 0.624. The maximum atomic E-state index is 14.5. The van der Waals surface area contributed by atoms with Crippen molar-refractivity contribution in [1.29, 1.82) is 0 Å². The Morgan fingerprint density at radius 1 is 0.919 bits per heavy atom. The van der Waals surface area contributed by atoms with E-state index < -0.39 is 18.3 Å². The van der Waals surface area contributed by atoms with Crippen LogP contribution in [0.2, 0.25) is 0 Å². The molecule has 0 saturated carbocycles. The Morgan fingerprint density at radius 2 is 1.51 bits per heavy atom. The van der Waals surface area contributed by atoms with E-state index in [1.807, 2.05) is 47.4 Å². The van der Waals surface area contributed by atoms with Crippen molar-refractivity contribution in [1.82, 2.24) is 20.0 Å². The molecule has 0 aromatic heterocycles. The molecular formula is C29H37FN4O3. The highest BCUT2D eigenvalue weighted by molar-refractivity contribution is 5.89. The molecule has 2 aromatic rings. The van der Waals surface area contributed by atoms with Gasteiger partial charge >= 0.3 is 0 Å². The van der Waals surface area contributed by atoms with Crippen LogP contribution < -0.4 is 5.32 Å². The van der Waals surface area contributed by atoms with Gasteiger partial charge in [0.2, 0.25) is 17.7 Å². The monoisotopic (exact) mass is 508 g/mol. The lowest BCUT2D eigenvalue weighted by molar-refractivity contribution is -0.140. The summed E-state index contributed by atoms with van der Waals surface area (Å²) in [6.07, 6.45) is -1.25. The number of piperazine rings is 1. The van der Waals surface area contributed by atoms with Gasteiger partial charge in [0.1, 0.15) is 12.2 Å². The molecule has 2 aromatic carbocycles. The number of nitrogens with one attached hydrogen (secondary N) is 1. The van der Waals surface area contributed by atoms with Crippen LogP contribution in [0.3, 0.4) is 0 Å². The molecule has 2 saturated heterocycles. The van der Waals surface area contributed by atoms with Gasteiger partial charge in [-0.15, -0.1) is 0 Å². The van der Waals surface area contributed by atoms with Crippen molar-refractivity contribution >= 4 is 17.7 Å². The molecule has 0 aliphatic carbocycles. The maximum Gasteiger partial charge on any atom is 0.243 e. The van der Waals surface area contributed by atoms with E-state index in [0.717, 1.165) is 11.1 Å². The molecule has 3 atom stereocenters. The first kappa shape index (κ1) is 26.8. The van der Waals surface area contributed by atoms with E-state index in [1.54, 1.807) is 4.90 Å². The van der Waals surface area contributed by atoms with E-state index in [1.165, 1.54) is 17.4 Å². The molecule has 0 bridgehead atoms. The standard InChI is InChI=1S/C29H37FN4O3/c1-20(2)22-9-11-24(12-10-22)28(23-7-5-4-6-8-23)31-29(37)26-17-25(30)18-34(26)27(36)19-32-13-15-33(16-14-32)21(3)35/h4-12,20,25-26,28H,13-19H2,1-3H3,(H,31,37). The van der Waals surface area contributed by atoms with Crippen LogP contribution >= 0.6 is 0 Å². The van der Waals surface area contributed by atoms with Crippen molar-refractivity contribution in [3.63, 3.8) is 0 Å². The summed E-state index contributed by atoms with van der Waals surface area (Å²) in [5.74, 6) is -0.191. The van der Waals surface area contributed by atoms with Gasteiger partial charge in [0.05, 0.1) is 19.1 Å². The highest BCUT2D eigenvalue weighted by Crippen LogP contribution is 2.27. The van der Waals surface area contributed by atoms with Gasteiger partial charge in [-0.25, -0.2) is 4.39 Å². The molecular weight excluding hydrogens is 471 g/mol. The van der Waals surface area contributed by atoms with E-state index in [4.69, 9.17) is 0 Å². The molecule has 198 valence electrons. The zero-order valence-corrected chi connectivity index (χ0v) is 21.9. The number of alkyl halides is 1. The van der Waals surface area contributed by atoms with E-state index in [2.05, 4.69) is 31.3 Å². The summed E-state index contributed by atoms with van der Waals surface area (Å²) in [6.45, 7) is 8.12. The first-order valence-electron chi connectivity index (χ1n) is 13.1. The van der Waals surface area contributed by atoms with Crippen molar-refractivity contribution in [2.45, 2.75) is 51.4 Å². The van der Waals surface area contributed by atoms with Crippen molar-refractivity contribution < 1.29 is 18.8 Å². The third-order valence-corrected chi connectivity index (χ3v) is 7.41. The van der Waals surface area contributed by atoms with E-state index in [-0.39, 0.29) is 37.2 Å². The predicted octanol–water partition coefficient (Wildman–Crippen LogP) is 3.12. The second-order valence-electron chi connectivity index (χ2n) is 10.4. The van der Waals surface area contributed by atoms with Crippen molar-refractivity contribution in [2.75, 3.05) is 39.3 Å². The molecule has 2 heterocycles. The van der Waals surface area contributed by atoms with Gasteiger partial charge in [-0.05, 0) is 22.6 Å². The minimum absolute atomic E-state index is 0.0104. The van der Waals surface area contributed by atoms with Crippen molar-refractivity contribution in [3.05, 3.63) is 71.3 Å². The summed E-state index contributed by atoms with van der Waals surface area (Å²) < 4.78 is 14.5. The van der Waals surface area contributed by atoms with Crippen LogP contribution in [0.25, 0.3) is 0 Å². The summed E-state index contributed by atoms with van der Waals surface area (Å²) in [5, 5.41) is 3.11. The largest absolute Gasteiger partial charge is 0.343 e. The highest BCUT2D eigenvalue weighted by atomic mass is 19.1. The van der Waals surface area contributed by atoms with Crippen LogP contribution in [0.5, 0.6) is 0 Å². The molecule has 8 heteroatoms. The average Bonchev–Trinajstić information content (AvgIpc) is 3.30. The zero-order valence-electron chi connectivity index (χ0n) is 21.9. The summed E-state index contributed by atoms with van der Waals surface area (Å²) in [4.78, 5) is 43.4. The fourth-order valence-electron chi connectivity index (χ4n) is 5.13. The average molecular weight is 509 g/mol. The third kappa shape index (κ3) is 6.55. The van der Waals surface area contributed by atoms with Gasteiger partial charge in [-0.2, -0.15) is 0 Å². The number of hydrogen-bond donors (Lipinski definition) is 1. The number of benzene rings is 2. The molecule has 3 amide bonds. The van der Waals surface area contributed by atoms with Gasteiger partial charge in [-0.3, -0.25) is 19.3 Å². The van der Waals surface area contributed by atoms with Crippen LogP contribution in [0.1, 0.15) is 55.8 Å². The third-order valence-electron chi connectivity index (χ3n) is 7.41. The number of carbonyl (C=O) groups excluding carboxylic acids is 3. The summed E-state index contributed by atoms with van der Waals surface area (Å²) in [5.41, 5.74) is 3.06. The number of amides is 3. The fraction of sp³-hybridized carbons (Fsp3) is 0.483. The number of hydrogen-bond acceptors (Lipinski definition) is 4. The van der Waals surface area contributed by atoms with E-state index >= 15 is 0 Å². The lowest BCUT2D eigenvalue weighted by atomic mass is 9.95. The molecule has 4 rings (SSSR count). The van der Waals surface area contributed by atoms with Crippen molar-refractivity contribution in [3.8, 4) is 0 Å². The Bertz CT molecular complexity index is 1080. The molecule has 1 N–H and O–H groups in total. The molecule has 0 spiro atoms. The molecule has 2 fully saturated rings. The minimum atomic E-state index is -1.24. The maximum absolute atomic E-state index is 14.5. The molecule has 2 aliphatic heterocycles. The summed E-state index contributed by atoms with van der Waals surface area (Å²) in [7, 11) is 0. The van der Waals surface area contributed by atoms with Crippen LogP contribution in [0.4, 0.5) is 4.39 Å². The van der Waals surface area contributed by atoms with Crippen LogP contribution in [0.15, 0.2) is 54.6 Å². The van der Waals surface area contributed by atoms with Crippen LogP contribution in [-0.4, -0.2) is 83.9 Å². The van der Waals surface area contributed by atoms with Crippen LogP contribution in [0, 0.1) is 0 Å². The lowest BCUT2D eigenvalue weighted by Gasteiger charge is -2.35. The number of rotatable bonds is 7. The lowest BCUT2D eigenvalue weighted by Crippen LogP contribution is -2.53. The predicted molar refractivity (Wildman–Crippen MR) is 141 cm³/mol. The SMILES string of the molecule is CC(=O)N1CCN(CC(=O)N2CC(F)CC2C(=O)NC(c2ccccc2)c2ccc(C(C)C)cc2)CC1. The number of likely N-dealkylation sites (tertiary alicyclic amines) is 1. The number of halogens is 1. The normalized spacial score (nSPS) is 21.2. The summed E-state index contributed by atoms with van der Waals surface area (Å²) in [6, 6.07) is 16.6. The van der Waals surface area contributed by atoms with Gasteiger partial charge in [0.25, 0.3) is 0 Å². The Labute approximate surface area is 218 Å². The second-order valence-corrected chi connectivity index (χ2v) is 10.4. The Morgan fingerprint density at radius 3 is 2.11 bits per heavy atom. The fourth-order valence-corrected chi connectivity index (χ4v) is 5.13. The zero-order chi connectivity index (χ0) is 26.5. The molecule has 2 aliphatic rings. The van der Waals surface area contributed by atoms with Gasteiger partial charge in [0.15, 0.2) is 0 Å². The summed E-state index contributed by atoms with van der Waals surface area (Å²) >= 11 is 0. The number of carbonyl (C=O) groups is 3. The first-order valence-corrected chi connectivity index (χ1v) is 13.1. The Balaban J connectivity index is 1.47. The topological polar surface area (TPSA) is 73.0 Å². The molecule has 7 nitrogen and oxygen atoms in total. The Kier molecular flexibility index (Phi) is 8.59. The van der Waals surface area contributed by atoms with E-state index in [0.29, 0.717) is 32.1 Å². The van der Waals surface area contributed by atoms with Crippen molar-refractivity contribution in [2.24, 2.45) is 0 Å². The molecule has 37 heavy (non-hydrogen) atoms. The molecule has 0 radical (unpaired) electrons. The smallest absolute Gasteiger partial charge is 0.243 e.